The molecule has 0 unspecified atom stereocenters. The molecule has 4 nitrogen and oxygen atoms in total. The van der Waals surface area contributed by atoms with E-state index < -0.39 is 0 Å². The largest absolute Gasteiger partial charge is 0.357 e. The van der Waals surface area contributed by atoms with Crippen molar-refractivity contribution in [2.75, 3.05) is 0 Å². The summed E-state index contributed by atoms with van der Waals surface area (Å²) < 4.78 is 2.94. The number of hydrazone groups is 1. The molecular weight excluding hydrogens is 341 g/mol. The van der Waals surface area contributed by atoms with Crippen LogP contribution in [0, 0.1) is 3.57 Å². The van der Waals surface area contributed by atoms with Crippen molar-refractivity contribution in [2.24, 2.45) is 12.1 Å². The van der Waals surface area contributed by atoms with E-state index in [0.29, 0.717) is 5.56 Å². The number of hydrogen-bond donors (Lipinski definition) is 1. The molecule has 0 bridgehead atoms. The summed E-state index contributed by atoms with van der Waals surface area (Å²) in [5, 5.41) is 3.92. The minimum Gasteiger partial charge on any atom is -0.357 e. The van der Waals surface area contributed by atoms with E-state index in [1.165, 1.54) is 0 Å². The first-order valence-corrected chi connectivity index (χ1v) is 6.44. The minimum atomic E-state index is -0.208. The first-order chi connectivity index (χ1) is 8.65. The Hall–Kier alpha value is -1.63. The number of aromatic nitrogens is 1. The highest BCUT2D eigenvalue weighted by atomic mass is 127. The van der Waals surface area contributed by atoms with Crippen LogP contribution in [0.2, 0.25) is 0 Å². The summed E-state index contributed by atoms with van der Waals surface area (Å²) in [4.78, 5) is 11.8. The number of benzene rings is 1. The maximum Gasteiger partial charge on any atom is 0.271 e. The van der Waals surface area contributed by atoms with Crippen molar-refractivity contribution in [1.82, 2.24) is 9.99 Å². The van der Waals surface area contributed by atoms with E-state index in [4.69, 9.17) is 0 Å². The number of rotatable bonds is 3. The third-order valence-electron chi connectivity index (χ3n) is 2.32. The zero-order chi connectivity index (χ0) is 13.0. The van der Waals surface area contributed by atoms with Crippen LogP contribution in [0.5, 0.6) is 0 Å². The van der Waals surface area contributed by atoms with Gasteiger partial charge >= 0.3 is 0 Å². The molecule has 1 heterocycles. The molecule has 2 rings (SSSR count). The predicted molar refractivity (Wildman–Crippen MR) is 79.6 cm³/mol. The highest BCUT2D eigenvalue weighted by Crippen LogP contribution is 2.07. The van der Waals surface area contributed by atoms with E-state index >= 15 is 0 Å². The van der Waals surface area contributed by atoms with Gasteiger partial charge in [0.2, 0.25) is 0 Å². The Morgan fingerprint density at radius 1 is 1.44 bits per heavy atom. The van der Waals surface area contributed by atoms with Gasteiger partial charge in [0.1, 0.15) is 0 Å². The lowest BCUT2D eigenvalue weighted by molar-refractivity contribution is 0.0955. The number of nitrogens with one attached hydrogen (secondary N) is 1. The second-order valence-corrected chi connectivity index (χ2v) is 5.07. The predicted octanol–water partition coefficient (Wildman–Crippen LogP) is 2.39. The molecule has 18 heavy (non-hydrogen) atoms. The standard InChI is InChI=1S/C13H12IN3O/c1-17-6-5-10(9-17)8-15-16-13(18)11-3-2-4-12(14)7-11/h2-9H,1H3,(H,16,18)/b15-8-. The number of aryl methyl sites for hydroxylation is 1. The molecular formula is C13H12IN3O. The summed E-state index contributed by atoms with van der Waals surface area (Å²) in [6, 6.07) is 9.27. The molecule has 0 spiro atoms. The van der Waals surface area contributed by atoms with E-state index in [1.54, 1.807) is 12.3 Å². The van der Waals surface area contributed by atoms with Crippen molar-refractivity contribution < 1.29 is 4.79 Å². The quantitative estimate of drug-likeness (QED) is 0.514. The molecule has 0 saturated heterocycles. The molecule has 0 saturated carbocycles. The average Bonchev–Trinajstić information content (AvgIpc) is 2.75. The molecule has 2 aromatic rings. The van der Waals surface area contributed by atoms with Crippen LogP contribution < -0.4 is 5.43 Å². The van der Waals surface area contributed by atoms with Crippen LogP contribution in [0.15, 0.2) is 47.8 Å². The van der Waals surface area contributed by atoms with E-state index in [2.05, 4.69) is 33.1 Å². The van der Waals surface area contributed by atoms with E-state index in [1.807, 2.05) is 48.3 Å². The lowest BCUT2D eigenvalue weighted by Crippen LogP contribution is -2.17. The average molecular weight is 353 g/mol. The van der Waals surface area contributed by atoms with Crippen LogP contribution in [0.4, 0.5) is 0 Å². The molecule has 1 N–H and O–H groups in total. The third kappa shape index (κ3) is 3.43. The van der Waals surface area contributed by atoms with Gasteiger partial charge in [-0.3, -0.25) is 4.79 Å². The van der Waals surface area contributed by atoms with Crippen molar-refractivity contribution in [2.45, 2.75) is 0 Å². The first kappa shape index (κ1) is 12.8. The first-order valence-electron chi connectivity index (χ1n) is 5.36. The highest BCUT2D eigenvalue weighted by Gasteiger charge is 2.03. The van der Waals surface area contributed by atoms with Crippen LogP contribution in [0.3, 0.4) is 0 Å². The Labute approximate surface area is 119 Å². The minimum absolute atomic E-state index is 0.208. The van der Waals surface area contributed by atoms with Crippen molar-refractivity contribution in [1.29, 1.82) is 0 Å². The van der Waals surface area contributed by atoms with E-state index in [-0.39, 0.29) is 5.91 Å². The molecule has 0 fully saturated rings. The number of carbonyl (C=O) groups excluding carboxylic acids is 1. The van der Waals surface area contributed by atoms with Gasteiger partial charge in [0.25, 0.3) is 5.91 Å². The van der Waals surface area contributed by atoms with Gasteiger partial charge in [-0.15, -0.1) is 0 Å². The molecule has 0 radical (unpaired) electrons. The van der Waals surface area contributed by atoms with Crippen molar-refractivity contribution in [3.05, 3.63) is 57.4 Å². The fourth-order valence-electron chi connectivity index (χ4n) is 1.46. The smallest absolute Gasteiger partial charge is 0.271 e. The molecule has 1 aromatic heterocycles. The SMILES string of the molecule is Cn1ccc(/C=N\NC(=O)c2cccc(I)c2)c1. The number of nitrogens with zero attached hydrogens (tertiary/aromatic N) is 2. The van der Waals surface area contributed by atoms with Crippen LogP contribution in [-0.4, -0.2) is 16.7 Å². The second kappa shape index (κ2) is 5.81. The lowest BCUT2D eigenvalue weighted by Gasteiger charge is -1.99. The van der Waals surface area contributed by atoms with Crippen molar-refractivity contribution >= 4 is 34.7 Å². The monoisotopic (exact) mass is 353 g/mol. The summed E-state index contributed by atoms with van der Waals surface area (Å²) in [7, 11) is 1.93. The molecule has 0 aliphatic rings. The van der Waals surface area contributed by atoms with Crippen LogP contribution >= 0.6 is 22.6 Å². The van der Waals surface area contributed by atoms with Gasteiger partial charge < -0.3 is 4.57 Å². The Balaban J connectivity index is 1.98. The zero-order valence-corrected chi connectivity index (χ0v) is 12.0. The fraction of sp³-hybridized carbons (Fsp3) is 0.0769. The maximum absolute atomic E-state index is 11.8. The number of hydrogen-bond acceptors (Lipinski definition) is 2. The van der Waals surface area contributed by atoms with Gasteiger partial charge in [-0.25, -0.2) is 5.43 Å². The van der Waals surface area contributed by atoms with E-state index in [0.717, 1.165) is 9.13 Å². The summed E-state index contributed by atoms with van der Waals surface area (Å²) >= 11 is 2.17. The topological polar surface area (TPSA) is 46.4 Å². The van der Waals surface area contributed by atoms with Gasteiger partial charge in [0.15, 0.2) is 0 Å². The summed E-state index contributed by atoms with van der Waals surface area (Å²) in [6.45, 7) is 0. The van der Waals surface area contributed by atoms with Crippen LogP contribution in [-0.2, 0) is 7.05 Å². The maximum atomic E-state index is 11.8. The highest BCUT2D eigenvalue weighted by molar-refractivity contribution is 14.1. The van der Waals surface area contributed by atoms with Crippen LogP contribution in [0.1, 0.15) is 15.9 Å². The van der Waals surface area contributed by atoms with Gasteiger partial charge in [-0.05, 0) is 46.9 Å². The molecule has 0 atom stereocenters. The lowest BCUT2D eigenvalue weighted by atomic mass is 10.2. The molecule has 0 aliphatic carbocycles. The summed E-state index contributed by atoms with van der Waals surface area (Å²) in [6.07, 6.45) is 5.45. The number of carbonyl (C=O) groups is 1. The zero-order valence-electron chi connectivity index (χ0n) is 9.80. The van der Waals surface area contributed by atoms with Crippen molar-refractivity contribution in [3.8, 4) is 0 Å². The number of halogens is 1. The summed E-state index contributed by atoms with van der Waals surface area (Å²) in [5.74, 6) is -0.208. The molecule has 1 amide bonds. The van der Waals surface area contributed by atoms with Gasteiger partial charge in [0.05, 0.1) is 6.21 Å². The Bertz CT molecular complexity index is 589. The van der Waals surface area contributed by atoms with Crippen molar-refractivity contribution in [3.63, 3.8) is 0 Å². The fourth-order valence-corrected chi connectivity index (χ4v) is 2.00. The third-order valence-corrected chi connectivity index (χ3v) is 2.99. The number of amides is 1. The van der Waals surface area contributed by atoms with Gasteiger partial charge in [-0.2, -0.15) is 5.10 Å². The second-order valence-electron chi connectivity index (χ2n) is 3.82. The Morgan fingerprint density at radius 2 is 2.28 bits per heavy atom. The Kier molecular flexibility index (Phi) is 4.14. The molecule has 0 aliphatic heterocycles. The Morgan fingerprint density at radius 3 is 2.94 bits per heavy atom. The molecule has 5 heteroatoms. The van der Waals surface area contributed by atoms with Gasteiger partial charge in [0, 0.05) is 34.1 Å². The molecule has 1 aromatic carbocycles. The summed E-state index contributed by atoms with van der Waals surface area (Å²) in [5.41, 5.74) is 4.05. The van der Waals surface area contributed by atoms with Gasteiger partial charge in [-0.1, -0.05) is 6.07 Å². The van der Waals surface area contributed by atoms with Crippen LogP contribution in [0.25, 0.3) is 0 Å². The molecule has 92 valence electrons. The normalized spacial score (nSPS) is 10.8. The van der Waals surface area contributed by atoms with E-state index in [9.17, 15) is 4.79 Å².